The van der Waals surface area contributed by atoms with E-state index >= 15 is 0 Å². The fourth-order valence-electron chi connectivity index (χ4n) is 3.45. The topological polar surface area (TPSA) is 67.1 Å². The Bertz CT molecular complexity index is 1040. The normalized spacial score (nSPS) is 17.8. The van der Waals surface area contributed by atoms with Crippen LogP contribution in [-0.4, -0.2) is 11.9 Å². The summed E-state index contributed by atoms with van der Waals surface area (Å²) < 4.78 is 13.0. The van der Waals surface area contributed by atoms with Gasteiger partial charge in [0, 0.05) is 24.6 Å². The number of nitrogens with two attached hydrogens (primary N) is 1. The molecule has 2 unspecified atom stereocenters. The highest BCUT2D eigenvalue weighted by Gasteiger charge is 2.37. The second kappa shape index (κ2) is 8.93. The van der Waals surface area contributed by atoms with E-state index in [-0.39, 0.29) is 11.7 Å². The van der Waals surface area contributed by atoms with Crippen LogP contribution in [0.1, 0.15) is 29.0 Å². The predicted molar refractivity (Wildman–Crippen MR) is 119 cm³/mol. The summed E-state index contributed by atoms with van der Waals surface area (Å²) in [6, 6.07) is 22.4. The number of carbonyl (C=O) groups excluding carboxylic acids is 1. The maximum Gasteiger partial charge on any atom is 0.248 e. The molecule has 1 fully saturated rings. The van der Waals surface area contributed by atoms with Gasteiger partial charge in [0.1, 0.15) is 5.82 Å². The van der Waals surface area contributed by atoms with Crippen molar-refractivity contribution < 1.29 is 9.18 Å². The highest BCUT2D eigenvalue weighted by atomic mass is 19.1. The van der Waals surface area contributed by atoms with Crippen molar-refractivity contribution >= 4 is 23.4 Å². The lowest BCUT2D eigenvalue weighted by Gasteiger charge is -2.06. The molecule has 1 aliphatic rings. The van der Waals surface area contributed by atoms with E-state index < -0.39 is 0 Å². The summed E-state index contributed by atoms with van der Waals surface area (Å²) in [6.45, 7) is 0.778. The maximum atomic E-state index is 13.0. The van der Waals surface area contributed by atoms with Gasteiger partial charge in [-0.1, -0.05) is 48.5 Å². The molecule has 0 spiro atoms. The maximum absolute atomic E-state index is 13.0. The Morgan fingerprint density at radius 2 is 1.77 bits per heavy atom. The van der Waals surface area contributed by atoms with Gasteiger partial charge in [0.2, 0.25) is 5.91 Å². The number of hydrogen-bond donors (Lipinski definition) is 3. The molecule has 0 saturated heterocycles. The molecule has 1 saturated carbocycles. The van der Waals surface area contributed by atoms with Crippen LogP contribution >= 0.6 is 0 Å². The minimum atomic E-state index is -0.223. The van der Waals surface area contributed by atoms with E-state index in [1.165, 1.54) is 29.3 Å². The van der Waals surface area contributed by atoms with Crippen molar-refractivity contribution in [1.29, 1.82) is 0 Å². The largest absolute Gasteiger partial charge is 0.397 e. The standard InChI is InChI=1S/C25H24FN3O/c26-20-12-10-19(11-13-20)21-15-24(21)28-16-18-7-5-17(6-8-18)9-14-25(30)29-23-4-2-1-3-22(23)27/h1-14,21,24,28H,15-16,27H2,(H,29,30). The van der Waals surface area contributed by atoms with Crippen LogP contribution in [0.2, 0.25) is 0 Å². The number of rotatable bonds is 7. The summed E-state index contributed by atoms with van der Waals surface area (Å²) >= 11 is 0. The Labute approximate surface area is 175 Å². The molecule has 4 N–H and O–H groups in total. The molecule has 152 valence electrons. The summed E-state index contributed by atoms with van der Waals surface area (Å²) in [4.78, 5) is 12.1. The molecule has 0 bridgehead atoms. The molecular weight excluding hydrogens is 377 g/mol. The molecule has 0 aliphatic heterocycles. The molecule has 3 aromatic carbocycles. The molecule has 2 atom stereocenters. The van der Waals surface area contributed by atoms with Crippen molar-refractivity contribution in [1.82, 2.24) is 5.32 Å². The highest BCUT2D eigenvalue weighted by Crippen LogP contribution is 2.40. The van der Waals surface area contributed by atoms with Gasteiger partial charge >= 0.3 is 0 Å². The van der Waals surface area contributed by atoms with E-state index in [0.29, 0.717) is 23.3 Å². The fraction of sp³-hybridized carbons (Fsp3) is 0.160. The zero-order valence-electron chi connectivity index (χ0n) is 16.5. The van der Waals surface area contributed by atoms with Crippen LogP contribution < -0.4 is 16.4 Å². The van der Waals surface area contributed by atoms with Crippen molar-refractivity contribution in [3.63, 3.8) is 0 Å². The van der Waals surface area contributed by atoms with E-state index in [2.05, 4.69) is 22.8 Å². The van der Waals surface area contributed by atoms with Gasteiger partial charge in [-0.15, -0.1) is 0 Å². The molecule has 30 heavy (non-hydrogen) atoms. The lowest BCUT2D eigenvalue weighted by atomic mass is 10.1. The quantitative estimate of drug-likeness (QED) is 0.397. The molecule has 0 heterocycles. The van der Waals surface area contributed by atoms with Crippen molar-refractivity contribution in [3.05, 3.63) is 101 Å². The molecule has 0 radical (unpaired) electrons. The third-order valence-corrected chi connectivity index (χ3v) is 5.28. The number of nitrogen functional groups attached to an aromatic ring is 1. The molecule has 1 amide bonds. The summed E-state index contributed by atoms with van der Waals surface area (Å²) in [5.74, 6) is 0.0453. The minimum Gasteiger partial charge on any atom is -0.397 e. The van der Waals surface area contributed by atoms with Gasteiger partial charge in [0.25, 0.3) is 0 Å². The summed E-state index contributed by atoms with van der Waals surface area (Å²) in [7, 11) is 0. The number of benzene rings is 3. The first-order valence-electron chi connectivity index (χ1n) is 10.00. The van der Waals surface area contributed by atoms with Gasteiger partial charge < -0.3 is 16.4 Å². The van der Waals surface area contributed by atoms with Crippen LogP contribution in [0.3, 0.4) is 0 Å². The molecule has 3 aromatic rings. The third kappa shape index (κ3) is 5.13. The average Bonchev–Trinajstić information content (AvgIpc) is 3.53. The monoisotopic (exact) mass is 401 g/mol. The number of halogens is 1. The number of hydrogen-bond acceptors (Lipinski definition) is 3. The van der Waals surface area contributed by atoms with Gasteiger partial charge in [-0.05, 0) is 53.5 Å². The van der Waals surface area contributed by atoms with Gasteiger partial charge in [-0.2, -0.15) is 0 Å². The first-order valence-corrected chi connectivity index (χ1v) is 10.00. The average molecular weight is 401 g/mol. The Kier molecular flexibility index (Phi) is 5.91. The predicted octanol–water partition coefficient (Wildman–Crippen LogP) is 4.71. The number of para-hydroxylation sites is 2. The van der Waals surface area contributed by atoms with E-state index in [0.717, 1.165) is 18.5 Å². The smallest absolute Gasteiger partial charge is 0.248 e. The fourth-order valence-corrected chi connectivity index (χ4v) is 3.45. The van der Waals surface area contributed by atoms with E-state index in [1.54, 1.807) is 18.2 Å². The van der Waals surface area contributed by atoms with Crippen molar-refractivity contribution in [2.45, 2.75) is 24.9 Å². The molecule has 4 rings (SSSR count). The zero-order valence-corrected chi connectivity index (χ0v) is 16.5. The van der Waals surface area contributed by atoms with Crippen LogP contribution in [0.15, 0.2) is 78.9 Å². The molecule has 4 nitrogen and oxygen atoms in total. The van der Waals surface area contributed by atoms with E-state index in [4.69, 9.17) is 5.73 Å². The van der Waals surface area contributed by atoms with Crippen molar-refractivity contribution in [3.8, 4) is 0 Å². The Hall–Kier alpha value is -3.44. The third-order valence-electron chi connectivity index (χ3n) is 5.28. The lowest BCUT2D eigenvalue weighted by molar-refractivity contribution is -0.111. The second-order valence-corrected chi connectivity index (χ2v) is 7.53. The number of anilines is 2. The van der Waals surface area contributed by atoms with Crippen molar-refractivity contribution in [2.75, 3.05) is 11.1 Å². The number of amides is 1. The highest BCUT2D eigenvalue weighted by molar-refractivity contribution is 6.03. The van der Waals surface area contributed by atoms with E-state index in [1.807, 2.05) is 36.4 Å². The first kappa shape index (κ1) is 19.9. The van der Waals surface area contributed by atoms with Crippen LogP contribution in [0.4, 0.5) is 15.8 Å². The lowest BCUT2D eigenvalue weighted by Crippen LogP contribution is -2.17. The zero-order chi connectivity index (χ0) is 20.9. The van der Waals surface area contributed by atoms with Gasteiger partial charge in [-0.3, -0.25) is 4.79 Å². The van der Waals surface area contributed by atoms with Crippen LogP contribution in [0.25, 0.3) is 6.08 Å². The first-order chi connectivity index (χ1) is 14.6. The summed E-state index contributed by atoms with van der Waals surface area (Å²) in [5.41, 5.74) is 10.3. The second-order valence-electron chi connectivity index (χ2n) is 7.53. The number of carbonyl (C=O) groups is 1. The summed E-state index contributed by atoms with van der Waals surface area (Å²) in [5, 5.41) is 6.32. The molecule has 1 aliphatic carbocycles. The van der Waals surface area contributed by atoms with Gasteiger partial charge in [-0.25, -0.2) is 4.39 Å². The van der Waals surface area contributed by atoms with E-state index in [9.17, 15) is 9.18 Å². The SMILES string of the molecule is Nc1ccccc1NC(=O)C=Cc1ccc(CNC2CC2c2ccc(F)cc2)cc1. The minimum absolute atomic E-state index is 0.195. The Morgan fingerprint density at radius 1 is 1.03 bits per heavy atom. The van der Waals surface area contributed by atoms with Crippen LogP contribution in [-0.2, 0) is 11.3 Å². The van der Waals surface area contributed by atoms with Gasteiger partial charge in [0.05, 0.1) is 11.4 Å². The molecular formula is C25H24FN3O. The number of nitrogens with one attached hydrogen (secondary N) is 2. The molecule has 0 aromatic heterocycles. The molecule has 5 heteroatoms. The Morgan fingerprint density at radius 3 is 2.50 bits per heavy atom. The van der Waals surface area contributed by atoms with Crippen molar-refractivity contribution in [2.24, 2.45) is 0 Å². The van der Waals surface area contributed by atoms with Crippen LogP contribution in [0, 0.1) is 5.82 Å². The van der Waals surface area contributed by atoms with Gasteiger partial charge in [0.15, 0.2) is 0 Å². The Balaban J connectivity index is 1.25. The summed E-state index contributed by atoms with van der Waals surface area (Å²) in [6.07, 6.45) is 4.35. The van der Waals surface area contributed by atoms with Crippen LogP contribution in [0.5, 0.6) is 0 Å².